The van der Waals surface area contributed by atoms with E-state index in [0.29, 0.717) is 0 Å². The molecule has 44 heteroatoms. The fraction of sp³-hybridized carbons (Fsp3) is 1.00. The fourth-order valence-electron chi connectivity index (χ4n) is 3.90. The molecule has 1 rings (SSSR count). The third-order valence-corrected chi connectivity index (χ3v) is 9.24. The minimum atomic E-state index is -6.33. The van der Waals surface area contributed by atoms with Crippen LogP contribution in [-0.4, -0.2) is 179 Å². The van der Waals surface area contributed by atoms with Crippen molar-refractivity contribution in [3.05, 3.63) is 0 Å². The van der Waals surface area contributed by atoms with E-state index >= 15 is 0 Å². The highest BCUT2D eigenvalue weighted by Crippen LogP contribution is 2.34. The third kappa shape index (κ3) is 22.6. The summed E-state index contributed by atoms with van der Waals surface area (Å²) in [4.78, 5) is 0. The van der Waals surface area contributed by atoms with E-state index in [9.17, 15) is 90.4 Å². The standard InChI is InChI=1S/C12H24O35S9/c13-48(14)37-1-4-8(42-50(17)18)10(46-55(31,32)33)11(47-56(34,35)36)12(40-4)41-7(5(2-38-49(15)16)43-52(22,23)24)9(45-54(28,29)30)6(44-53(25,26)27)3-39-51(19,20)21/h4-12H,1-3H2,(H,13,14)(H,15,16)(H,17,18)(H,19,20,21)(H,22,23,24)(H,25,26,27)(H,28,29,30)(H,31,32,33)(H,34,35,36)/t4-,5+,6-,7?,8-,9-,10+,11-,12+/m1/s1. The van der Waals surface area contributed by atoms with Crippen LogP contribution in [0.15, 0.2) is 0 Å². The number of ether oxygens (including phenoxy) is 2. The van der Waals surface area contributed by atoms with Crippen molar-refractivity contribution in [2.45, 2.75) is 55.1 Å². The summed E-state index contributed by atoms with van der Waals surface area (Å²) in [5, 5.41) is 0. The van der Waals surface area contributed by atoms with Crippen LogP contribution in [0.5, 0.6) is 0 Å². The van der Waals surface area contributed by atoms with Crippen molar-refractivity contribution in [2.75, 3.05) is 19.8 Å². The van der Waals surface area contributed by atoms with E-state index in [1.807, 2.05) is 0 Å². The van der Waals surface area contributed by atoms with E-state index in [1.165, 1.54) is 0 Å². The van der Waals surface area contributed by atoms with Crippen molar-refractivity contribution in [1.29, 1.82) is 0 Å². The molecule has 0 spiro atoms. The van der Waals surface area contributed by atoms with E-state index < -0.39 is 171 Å². The topological polar surface area (TPSA) is 540 Å². The van der Waals surface area contributed by atoms with E-state index in [0.717, 1.165) is 0 Å². The normalized spacial score (nSPS) is 25.8. The van der Waals surface area contributed by atoms with Crippen molar-refractivity contribution in [3.8, 4) is 0 Å². The monoisotopic (exact) mass is 1020 g/mol. The largest absolute Gasteiger partial charge is 0.397 e. The lowest BCUT2D eigenvalue weighted by atomic mass is 9.98. The highest BCUT2D eigenvalue weighted by Gasteiger charge is 2.56. The Balaban J connectivity index is 4.44. The minimum Gasteiger partial charge on any atom is -0.341 e. The van der Waals surface area contributed by atoms with Gasteiger partial charge in [-0.1, -0.05) is 0 Å². The summed E-state index contributed by atoms with van der Waals surface area (Å²) >= 11 is -10.7. The van der Waals surface area contributed by atoms with Gasteiger partial charge in [0.2, 0.25) is 0 Å². The average molecular weight is 1020 g/mol. The molecule has 0 aliphatic carbocycles. The molecule has 9 N–H and O–H groups in total. The molecule has 35 nitrogen and oxygen atoms in total. The Morgan fingerprint density at radius 1 is 0.518 bits per heavy atom. The van der Waals surface area contributed by atoms with Gasteiger partial charge in [-0.25, -0.2) is 25.1 Å². The summed E-state index contributed by atoms with van der Waals surface area (Å²) in [6.07, 6.45) is -29.0. The van der Waals surface area contributed by atoms with Crippen LogP contribution in [0.3, 0.4) is 0 Å². The Bertz CT molecular complexity index is 2060. The van der Waals surface area contributed by atoms with Gasteiger partial charge in [-0.3, -0.25) is 53.5 Å². The van der Waals surface area contributed by atoms with Crippen LogP contribution in [0.2, 0.25) is 0 Å². The molecule has 0 aromatic carbocycles. The quantitative estimate of drug-likeness (QED) is 0.0287. The molecule has 0 aromatic heterocycles. The molecule has 1 aliphatic rings. The lowest BCUT2D eigenvalue weighted by Gasteiger charge is -2.45. The summed E-state index contributed by atoms with van der Waals surface area (Å²) in [6, 6.07) is 0. The third-order valence-electron chi connectivity index (χ3n) is 5.37. The molecule has 0 radical (unpaired) electrons. The first-order valence-corrected chi connectivity index (χ1v) is 23.7. The molecule has 0 aromatic rings. The van der Waals surface area contributed by atoms with Gasteiger partial charge in [-0.05, 0) is 0 Å². The summed E-state index contributed by atoms with van der Waals surface area (Å²) < 4.78 is 305. The second kappa shape index (κ2) is 21.2. The van der Waals surface area contributed by atoms with Gasteiger partial charge in [0.05, 0.1) is 19.8 Å². The second-order valence-electron chi connectivity index (χ2n) is 9.23. The summed E-state index contributed by atoms with van der Waals surface area (Å²) in [5.41, 5.74) is 0. The zero-order valence-corrected chi connectivity index (χ0v) is 33.0. The Labute approximate surface area is 321 Å². The number of hydrogen-bond acceptors (Lipinski definition) is 26. The zero-order valence-electron chi connectivity index (χ0n) is 25.6. The molecule has 4 unspecified atom stereocenters. The summed E-state index contributed by atoms with van der Waals surface area (Å²) in [7, 11) is -36.8. The van der Waals surface area contributed by atoms with Gasteiger partial charge < -0.3 is 9.47 Å². The van der Waals surface area contributed by atoms with Crippen LogP contribution in [0.25, 0.3) is 0 Å². The Morgan fingerprint density at radius 2 is 0.964 bits per heavy atom. The summed E-state index contributed by atoms with van der Waals surface area (Å²) in [6.45, 7) is -5.78. The maximum Gasteiger partial charge on any atom is 0.397 e. The Hall–Kier alpha value is -0.650. The van der Waals surface area contributed by atoms with Gasteiger partial charge >= 0.3 is 96.5 Å². The Kier molecular flexibility index (Phi) is 20.2. The van der Waals surface area contributed by atoms with Gasteiger partial charge in [0.25, 0.3) is 0 Å². The van der Waals surface area contributed by atoms with Crippen molar-refractivity contribution >= 4 is 96.5 Å². The van der Waals surface area contributed by atoms with E-state index in [1.54, 1.807) is 0 Å². The predicted octanol–water partition coefficient (Wildman–Crippen LogP) is -6.32. The van der Waals surface area contributed by atoms with Crippen molar-refractivity contribution in [1.82, 2.24) is 0 Å². The maximum absolute atomic E-state index is 11.9. The number of hydrogen-bond donors (Lipinski definition) is 9. The lowest BCUT2D eigenvalue weighted by Crippen LogP contribution is -2.65. The van der Waals surface area contributed by atoms with Gasteiger partial charge in [0.1, 0.15) is 42.7 Å². The van der Waals surface area contributed by atoms with Crippen LogP contribution < -0.4 is 0 Å². The Morgan fingerprint density at radius 3 is 1.36 bits per heavy atom. The first-order chi connectivity index (χ1) is 25.0. The molecule has 0 amide bonds. The van der Waals surface area contributed by atoms with Crippen LogP contribution >= 0.6 is 0 Å². The van der Waals surface area contributed by atoms with Crippen LogP contribution in [-0.2, 0) is 144 Å². The molecule has 336 valence electrons. The molecular weight excluding hydrogens is 993 g/mol. The number of rotatable bonds is 26. The molecule has 1 saturated heterocycles. The highest BCUT2D eigenvalue weighted by molar-refractivity contribution is 7.82. The van der Waals surface area contributed by atoms with E-state index in [2.05, 4.69) is 37.6 Å². The smallest absolute Gasteiger partial charge is 0.341 e. The molecule has 56 heavy (non-hydrogen) atoms. The van der Waals surface area contributed by atoms with Crippen LogP contribution in [0, 0.1) is 0 Å². The first-order valence-electron chi connectivity index (χ1n) is 12.4. The molecule has 12 atom stereocenters. The summed E-state index contributed by atoms with van der Waals surface area (Å²) in [5.74, 6) is 0. The van der Waals surface area contributed by atoms with Crippen LogP contribution in [0.1, 0.15) is 0 Å². The van der Waals surface area contributed by atoms with Gasteiger partial charge in [-0.15, -0.1) is 0 Å². The molecule has 1 aliphatic heterocycles. The zero-order chi connectivity index (χ0) is 43.8. The van der Waals surface area contributed by atoms with Crippen molar-refractivity contribution in [3.63, 3.8) is 0 Å². The van der Waals surface area contributed by atoms with Gasteiger partial charge in [-0.2, -0.15) is 63.1 Å². The van der Waals surface area contributed by atoms with Gasteiger partial charge in [0, 0.05) is 0 Å². The molecule has 0 bridgehead atoms. The average Bonchev–Trinajstić information content (AvgIpc) is 2.93. The van der Waals surface area contributed by atoms with Crippen molar-refractivity contribution in [2.24, 2.45) is 0 Å². The first kappa shape index (κ1) is 53.4. The highest BCUT2D eigenvalue weighted by atomic mass is 32.3. The minimum absolute atomic E-state index is 1.58. The lowest BCUT2D eigenvalue weighted by molar-refractivity contribution is -0.312. The second-order valence-corrected chi connectivity index (χ2v) is 17.5. The van der Waals surface area contributed by atoms with Gasteiger partial charge in [0.15, 0.2) is 12.4 Å². The molecule has 1 fully saturated rings. The molecule has 1 heterocycles. The predicted molar refractivity (Wildman–Crippen MR) is 162 cm³/mol. The van der Waals surface area contributed by atoms with E-state index in [-0.39, 0.29) is 0 Å². The fourth-order valence-corrected chi connectivity index (χ4v) is 7.58. The maximum atomic E-state index is 11.9. The molecule has 0 saturated carbocycles. The molecular formula is C12H24O35S9. The SMILES string of the molecule is O=S(O)OC[C@H](OS(=O)(=O)O)C(O[C@@H]1O[C@H](COS(=O)O)[C@@H](OS(=O)O)[C@H](OS(=O)(=O)O)[C@H]1OS(=O)(=O)O)[C@H](OS(=O)(=O)O)[C@@H](COS(=O)(=O)O)OS(=O)(=O)O. The van der Waals surface area contributed by atoms with Crippen LogP contribution in [0.4, 0.5) is 0 Å². The van der Waals surface area contributed by atoms with Crippen molar-refractivity contribution < 1.29 is 151 Å². The van der Waals surface area contributed by atoms with E-state index in [4.69, 9.17) is 23.1 Å².